The van der Waals surface area contributed by atoms with Crippen LogP contribution in [0.3, 0.4) is 0 Å². The monoisotopic (exact) mass is 362 g/mol. The number of ether oxygens (including phenoxy) is 1. The fourth-order valence-corrected chi connectivity index (χ4v) is 8.96. The number of methoxy groups -OCH3 is 1. The lowest BCUT2D eigenvalue weighted by Gasteiger charge is -2.64. The Morgan fingerprint density at radius 1 is 1.00 bits per heavy atom. The molecule has 4 aliphatic rings. The van der Waals surface area contributed by atoms with Crippen LogP contribution >= 0.6 is 0 Å². The van der Waals surface area contributed by atoms with Gasteiger partial charge < -0.3 is 9.84 Å². The van der Waals surface area contributed by atoms with E-state index in [0.29, 0.717) is 22.9 Å². The first-order valence-corrected chi connectivity index (χ1v) is 11.5. The summed E-state index contributed by atoms with van der Waals surface area (Å²) in [4.78, 5) is 0. The number of rotatable bonds is 3. The molecule has 0 saturated heterocycles. The minimum absolute atomic E-state index is 0.311. The molecule has 4 saturated carbocycles. The van der Waals surface area contributed by atoms with Crippen LogP contribution in [0.4, 0.5) is 0 Å². The van der Waals surface area contributed by atoms with Crippen molar-refractivity contribution in [1.82, 2.24) is 0 Å². The fraction of sp³-hybridized carbons (Fsp3) is 1.00. The van der Waals surface area contributed by atoms with Gasteiger partial charge in [0.15, 0.2) is 0 Å². The van der Waals surface area contributed by atoms with Gasteiger partial charge in [-0.1, -0.05) is 20.3 Å². The van der Waals surface area contributed by atoms with Gasteiger partial charge in [0.05, 0.1) is 11.7 Å². The van der Waals surface area contributed by atoms with E-state index in [1.165, 1.54) is 51.4 Å². The SMILES string of the molecule is CC[C@H]1CC[C@H]2[C@@H]3CC[C@@H]4C[C@](C)(O)CC[C@]4(C(C)OC)[C@H]3CC[C@]12C. The van der Waals surface area contributed by atoms with Gasteiger partial charge in [0, 0.05) is 12.5 Å². The summed E-state index contributed by atoms with van der Waals surface area (Å²) in [5.41, 5.74) is 0.449. The highest BCUT2D eigenvalue weighted by Crippen LogP contribution is 2.69. The Bertz CT molecular complexity index is 528. The van der Waals surface area contributed by atoms with E-state index >= 15 is 0 Å². The Hall–Kier alpha value is -0.0800. The van der Waals surface area contributed by atoms with Crippen molar-refractivity contribution in [3.8, 4) is 0 Å². The highest BCUT2D eigenvalue weighted by molar-refractivity contribution is 5.12. The van der Waals surface area contributed by atoms with E-state index in [1.807, 2.05) is 7.11 Å². The predicted octanol–water partition coefficient (Wildman–Crippen LogP) is 5.82. The summed E-state index contributed by atoms with van der Waals surface area (Å²) < 4.78 is 6.06. The number of hydrogen-bond acceptors (Lipinski definition) is 2. The maximum Gasteiger partial charge on any atom is 0.0622 e. The van der Waals surface area contributed by atoms with E-state index in [9.17, 15) is 5.11 Å². The van der Waals surface area contributed by atoms with Crippen LogP contribution in [0.15, 0.2) is 0 Å². The topological polar surface area (TPSA) is 29.5 Å². The molecule has 0 heterocycles. The molecule has 9 atom stereocenters. The number of aliphatic hydroxyl groups is 1. The van der Waals surface area contributed by atoms with Crippen LogP contribution < -0.4 is 0 Å². The van der Waals surface area contributed by atoms with E-state index in [4.69, 9.17) is 4.74 Å². The highest BCUT2D eigenvalue weighted by Gasteiger charge is 2.63. The van der Waals surface area contributed by atoms with Crippen molar-refractivity contribution in [2.45, 2.75) is 104 Å². The van der Waals surface area contributed by atoms with Gasteiger partial charge in [0.1, 0.15) is 0 Å². The molecule has 0 aromatic heterocycles. The largest absolute Gasteiger partial charge is 0.390 e. The molecule has 150 valence electrons. The van der Waals surface area contributed by atoms with Gasteiger partial charge in [-0.05, 0) is 107 Å². The van der Waals surface area contributed by atoms with Crippen molar-refractivity contribution in [3.05, 3.63) is 0 Å². The molecular weight excluding hydrogens is 320 g/mol. The molecule has 1 unspecified atom stereocenters. The first-order valence-electron chi connectivity index (χ1n) is 11.5. The normalized spacial score (nSPS) is 54.9. The molecule has 2 heteroatoms. The van der Waals surface area contributed by atoms with Gasteiger partial charge in [-0.2, -0.15) is 0 Å². The third kappa shape index (κ3) is 2.57. The van der Waals surface area contributed by atoms with Crippen molar-refractivity contribution in [2.24, 2.45) is 40.4 Å². The summed E-state index contributed by atoms with van der Waals surface area (Å²) in [5, 5.41) is 10.8. The Balaban J connectivity index is 1.68. The lowest BCUT2D eigenvalue weighted by atomic mass is 9.42. The van der Waals surface area contributed by atoms with Crippen LogP contribution in [0, 0.1) is 40.4 Å². The molecule has 1 N–H and O–H groups in total. The van der Waals surface area contributed by atoms with Crippen molar-refractivity contribution < 1.29 is 9.84 Å². The lowest BCUT2D eigenvalue weighted by molar-refractivity contribution is -0.198. The summed E-state index contributed by atoms with van der Waals surface area (Å²) in [6.07, 6.45) is 13.3. The minimum atomic E-state index is -0.460. The van der Waals surface area contributed by atoms with Gasteiger partial charge in [0.25, 0.3) is 0 Å². The molecule has 4 rings (SSSR count). The van der Waals surface area contributed by atoms with Crippen LogP contribution in [0.5, 0.6) is 0 Å². The lowest BCUT2D eigenvalue weighted by Crippen LogP contribution is -2.60. The Kier molecular flexibility index (Phi) is 4.79. The quantitative estimate of drug-likeness (QED) is 0.685. The molecule has 0 aromatic carbocycles. The van der Waals surface area contributed by atoms with Crippen LogP contribution in [0.2, 0.25) is 0 Å². The van der Waals surface area contributed by atoms with Crippen LogP contribution in [-0.2, 0) is 4.74 Å². The van der Waals surface area contributed by atoms with E-state index in [0.717, 1.165) is 36.5 Å². The van der Waals surface area contributed by atoms with Gasteiger partial charge in [-0.3, -0.25) is 0 Å². The van der Waals surface area contributed by atoms with E-state index < -0.39 is 5.60 Å². The van der Waals surface area contributed by atoms with Gasteiger partial charge >= 0.3 is 0 Å². The van der Waals surface area contributed by atoms with Crippen LogP contribution in [-0.4, -0.2) is 23.9 Å². The molecule has 0 bridgehead atoms. The van der Waals surface area contributed by atoms with E-state index in [-0.39, 0.29) is 0 Å². The smallest absolute Gasteiger partial charge is 0.0622 e. The Morgan fingerprint density at radius 3 is 2.46 bits per heavy atom. The summed E-state index contributed by atoms with van der Waals surface area (Å²) in [6, 6.07) is 0. The van der Waals surface area contributed by atoms with Crippen molar-refractivity contribution in [3.63, 3.8) is 0 Å². The second kappa shape index (κ2) is 6.48. The van der Waals surface area contributed by atoms with Crippen molar-refractivity contribution in [1.29, 1.82) is 0 Å². The average Bonchev–Trinajstić information content (AvgIpc) is 2.96. The third-order valence-corrected chi connectivity index (χ3v) is 10.3. The zero-order valence-electron chi connectivity index (χ0n) is 17.9. The van der Waals surface area contributed by atoms with E-state index in [2.05, 4.69) is 27.7 Å². The van der Waals surface area contributed by atoms with Crippen LogP contribution in [0.1, 0.15) is 91.9 Å². The van der Waals surface area contributed by atoms with Gasteiger partial charge in [-0.25, -0.2) is 0 Å². The first kappa shape index (κ1) is 19.2. The molecular formula is C24H42O2. The second-order valence-electron chi connectivity index (χ2n) is 11.1. The summed E-state index contributed by atoms with van der Waals surface area (Å²) >= 11 is 0. The third-order valence-electron chi connectivity index (χ3n) is 10.3. The second-order valence-corrected chi connectivity index (χ2v) is 11.1. The van der Waals surface area contributed by atoms with Crippen LogP contribution in [0.25, 0.3) is 0 Å². The summed E-state index contributed by atoms with van der Waals surface area (Å²) in [5.74, 6) is 4.27. The Morgan fingerprint density at radius 2 is 1.77 bits per heavy atom. The van der Waals surface area contributed by atoms with Crippen molar-refractivity contribution >= 4 is 0 Å². The average molecular weight is 363 g/mol. The highest BCUT2D eigenvalue weighted by atomic mass is 16.5. The molecule has 4 aliphatic carbocycles. The first-order chi connectivity index (χ1) is 12.3. The summed E-state index contributed by atoms with van der Waals surface area (Å²) in [7, 11) is 1.92. The van der Waals surface area contributed by atoms with Gasteiger partial charge in [0.2, 0.25) is 0 Å². The molecule has 0 radical (unpaired) electrons. The molecule has 0 aliphatic heterocycles. The molecule has 0 spiro atoms. The number of fused-ring (bicyclic) bond motifs is 5. The zero-order valence-corrected chi connectivity index (χ0v) is 17.9. The molecule has 26 heavy (non-hydrogen) atoms. The fourth-order valence-electron chi connectivity index (χ4n) is 8.96. The van der Waals surface area contributed by atoms with Gasteiger partial charge in [-0.15, -0.1) is 0 Å². The molecule has 4 fully saturated rings. The maximum atomic E-state index is 10.8. The predicted molar refractivity (Wildman–Crippen MR) is 107 cm³/mol. The molecule has 0 amide bonds. The maximum absolute atomic E-state index is 10.8. The molecule has 0 aromatic rings. The van der Waals surface area contributed by atoms with Crippen molar-refractivity contribution in [2.75, 3.05) is 7.11 Å². The standard InChI is InChI=1S/C24H42O2/c1-6-17-8-10-20-19-9-7-18-15-22(3,25)13-14-24(18,16(2)26-5)21(19)11-12-23(17,20)4/h16-21,25H,6-15H2,1-5H3/t16?,17-,18+,19-,20-,21-,22+,23+,24+/m0/s1. The Labute approximate surface area is 161 Å². The minimum Gasteiger partial charge on any atom is -0.390 e. The summed E-state index contributed by atoms with van der Waals surface area (Å²) in [6.45, 7) is 9.46. The zero-order chi connectivity index (χ0) is 18.7. The number of hydrogen-bond donors (Lipinski definition) is 1. The van der Waals surface area contributed by atoms with E-state index in [1.54, 1.807) is 0 Å². The molecule has 2 nitrogen and oxygen atoms in total.